The molecule has 0 aliphatic heterocycles. The molecule has 1 aliphatic rings. The summed E-state index contributed by atoms with van der Waals surface area (Å²) in [6, 6.07) is 0. The molecule has 114 valence electrons. The SMILES string of the molecule is C=C(C)C(=O)OC1(CCOC)CCCCC1C(=O)CS. The highest BCUT2D eigenvalue weighted by molar-refractivity contribution is 7.81. The molecular formula is C15H24O4S. The molecule has 0 aromatic carbocycles. The van der Waals surface area contributed by atoms with Gasteiger partial charge in [-0.05, 0) is 26.2 Å². The van der Waals surface area contributed by atoms with Crippen LogP contribution in [0.2, 0.25) is 0 Å². The fraction of sp³-hybridized carbons (Fsp3) is 0.733. The van der Waals surface area contributed by atoms with Gasteiger partial charge in [0.25, 0.3) is 0 Å². The molecule has 2 atom stereocenters. The topological polar surface area (TPSA) is 52.6 Å². The number of ketones is 1. The van der Waals surface area contributed by atoms with Crippen molar-refractivity contribution in [2.75, 3.05) is 19.5 Å². The summed E-state index contributed by atoms with van der Waals surface area (Å²) in [6.45, 7) is 5.69. The first-order valence-corrected chi connectivity index (χ1v) is 7.61. The number of carbonyl (C=O) groups excluding carboxylic acids is 2. The van der Waals surface area contributed by atoms with E-state index in [2.05, 4.69) is 19.2 Å². The van der Waals surface area contributed by atoms with Crippen LogP contribution in [0.1, 0.15) is 39.0 Å². The lowest BCUT2D eigenvalue weighted by molar-refractivity contribution is -0.171. The van der Waals surface area contributed by atoms with Crippen molar-refractivity contribution in [3.8, 4) is 0 Å². The summed E-state index contributed by atoms with van der Waals surface area (Å²) in [7, 11) is 1.60. The van der Waals surface area contributed by atoms with Crippen LogP contribution in [0.5, 0.6) is 0 Å². The van der Waals surface area contributed by atoms with Crippen molar-refractivity contribution in [2.24, 2.45) is 5.92 Å². The van der Waals surface area contributed by atoms with Gasteiger partial charge < -0.3 is 9.47 Å². The predicted octanol–water partition coefficient (Wildman–Crippen LogP) is 2.57. The third-order valence-corrected chi connectivity index (χ3v) is 4.21. The number of rotatable bonds is 7. The van der Waals surface area contributed by atoms with Gasteiger partial charge in [-0.2, -0.15) is 12.6 Å². The van der Waals surface area contributed by atoms with Crippen molar-refractivity contribution in [2.45, 2.75) is 44.6 Å². The Morgan fingerprint density at radius 3 is 2.65 bits per heavy atom. The number of esters is 1. The molecule has 0 amide bonds. The third kappa shape index (κ3) is 4.09. The minimum Gasteiger partial charge on any atom is -0.455 e. The van der Waals surface area contributed by atoms with Crippen LogP contribution in [0.15, 0.2) is 12.2 Å². The Labute approximate surface area is 126 Å². The van der Waals surface area contributed by atoms with Gasteiger partial charge >= 0.3 is 5.97 Å². The molecule has 1 saturated carbocycles. The molecule has 0 aromatic rings. The molecule has 0 aromatic heterocycles. The summed E-state index contributed by atoms with van der Waals surface area (Å²) >= 11 is 4.09. The second kappa shape index (κ2) is 7.84. The van der Waals surface area contributed by atoms with E-state index in [1.54, 1.807) is 14.0 Å². The number of methoxy groups -OCH3 is 1. The first-order valence-electron chi connectivity index (χ1n) is 6.98. The summed E-state index contributed by atoms with van der Waals surface area (Å²) in [6.07, 6.45) is 3.89. The minimum absolute atomic E-state index is 0.0404. The Balaban J connectivity index is 3.00. The van der Waals surface area contributed by atoms with E-state index >= 15 is 0 Å². The first-order chi connectivity index (χ1) is 9.46. The van der Waals surface area contributed by atoms with Crippen LogP contribution in [-0.2, 0) is 19.1 Å². The van der Waals surface area contributed by atoms with Crippen LogP contribution in [0.4, 0.5) is 0 Å². The van der Waals surface area contributed by atoms with E-state index in [-0.39, 0.29) is 17.5 Å². The van der Waals surface area contributed by atoms with Crippen molar-refractivity contribution in [1.29, 1.82) is 0 Å². The molecule has 1 aliphatic carbocycles. The van der Waals surface area contributed by atoms with E-state index in [0.29, 0.717) is 25.0 Å². The minimum atomic E-state index is -0.760. The van der Waals surface area contributed by atoms with Crippen molar-refractivity contribution in [3.05, 3.63) is 12.2 Å². The van der Waals surface area contributed by atoms with E-state index in [9.17, 15) is 9.59 Å². The van der Waals surface area contributed by atoms with Crippen molar-refractivity contribution in [1.82, 2.24) is 0 Å². The zero-order chi connectivity index (χ0) is 15.2. The summed E-state index contributed by atoms with van der Waals surface area (Å²) in [5, 5.41) is 0. The number of thiol groups is 1. The molecule has 0 bridgehead atoms. The predicted molar refractivity (Wildman–Crippen MR) is 80.9 cm³/mol. The maximum absolute atomic E-state index is 12.2. The average Bonchev–Trinajstić information content (AvgIpc) is 2.44. The fourth-order valence-corrected chi connectivity index (χ4v) is 3.01. The highest BCUT2D eigenvalue weighted by Gasteiger charge is 2.46. The fourth-order valence-electron chi connectivity index (χ4n) is 2.79. The number of ether oxygens (including phenoxy) is 2. The monoisotopic (exact) mass is 300 g/mol. The standard InChI is InChI=1S/C15H24O4S/c1-11(2)14(17)19-15(8-9-18-3)7-5-4-6-12(15)13(16)10-20/h12,20H,1,4-10H2,2-3H3. The maximum Gasteiger partial charge on any atom is 0.333 e. The van der Waals surface area contributed by atoms with Gasteiger partial charge in [0.15, 0.2) is 0 Å². The molecule has 2 unspecified atom stereocenters. The van der Waals surface area contributed by atoms with Crippen LogP contribution in [-0.4, -0.2) is 36.8 Å². The van der Waals surface area contributed by atoms with Gasteiger partial charge in [-0.3, -0.25) is 4.79 Å². The average molecular weight is 300 g/mol. The van der Waals surface area contributed by atoms with Crippen molar-refractivity contribution >= 4 is 24.4 Å². The van der Waals surface area contributed by atoms with Gasteiger partial charge in [-0.15, -0.1) is 0 Å². The quantitative estimate of drug-likeness (QED) is 0.446. The van der Waals surface area contributed by atoms with Crippen molar-refractivity contribution in [3.63, 3.8) is 0 Å². The summed E-state index contributed by atoms with van der Waals surface area (Å²) in [4.78, 5) is 24.1. The van der Waals surface area contributed by atoms with Crippen LogP contribution < -0.4 is 0 Å². The number of hydrogen-bond donors (Lipinski definition) is 1. The van der Waals surface area contributed by atoms with Crippen LogP contribution in [0.3, 0.4) is 0 Å². The molecule has 20 heavy (non-hydrogen) atoms. The smallest absolute Gasteiger partial charge is 0.333 e. The molecule has 1 fully saturated rings. The van der Waals surface area contributed by atoms with Gasteiger partial charge in [0.05, 0.1) is 12.5 Å². The highest BCUT2D eigenvalue weighted by Crippen LogP contribution is 2.40. The maximum atomic E-state index is 12.2. The third-order valence-electron chi connectivity index (χ3n) is 3.90. The lowest BCUT2D eigenvalue weighted by atomic mass is 9.71. The van der Waals surface area contributed by atoms with Gasteiger partial charge in [-0.25, -0.2) is 4.79 Å². The summed E-state index contributed by atoms with van der Waals surface area (Å²) in [5.74, 6) is -0.505. The van der Waals surface area contributed by atoms with E-state index < -0.39 is 11.6 Å². The summed E-state index contributed by atoms with van der Waals surface area (Å²) in [5.41, 5.74) is -0.408. The first kappa shape index (κ1) is 17.2. The number of hydrogen-bond acceptors (Lipinski definition) is 5. The van der Waals surface area contributed by atoms with E-state index in [1.165, 1.54) is 0 Å². The van der Waals surface area contributed by atoms with E-state index in [1.807, 2.05) is 0 Å². The second-order valence-corrected chi connectivity index (χ2v) is 5.72. The van der Waals surface area contributed by atoms with Crippen LogP contribution in [0, 0.1) is 5.92 Å². The number of Topliss-reactive ketones (excluding diaryl/α,β-unsaturated/α-hetero) is 1. The van der Waals surface area contributed by atoms with E-state index in [0.717, 1.165) is 19.3 Å². The second-order valence-electron chi connectivity index (χ2n) is 5.40. The Morgan fingerprint density at radius 1 is 1.40 bits per heavy atom. The van der Waals surface area contributed by atoms with Gasteiger partial charge in [-0.1, -0.05) is 13.0 Å². The highest BCUT2D eigenvalue weighted by atomic mass is 32.1. The summed E-state index contributed by atoms with van der Waals surface area (Å²) < 4.78 is 10.8. The molecule has 1 rings (SSSR count). The Kier molecular flexibility index (Phi) is 6.76. The van der Waals surface area contributed by atoms with E-state index in [4.69, 9.17) is 9.47 Å². The lowest BCUT2D eigenvalue weighted by Gasteiger charge is -2.42. The Hall–Kier alpha value is -0.810. The lowest BCUT2D eigenvalue weighted by Crippen LogP contribution is -2.49. The molecule has 0 saturated heterocycles. The Morgan fingerprint density at radius 2 is 2.10 bits per heavy atom. The molecule has 5 heteroatoms. The Bertz CT molecular complexity index is 380. The van der Waals surface area contributed by atoms with Crippen molar-refractivity contribution < 1.29 is 19.1 Å². The van der Waals surface area contributed by atoms with Crippen LogP contribution >= 0.6 is 12.6 Å². The molecule has 0 spiro atoms. The molecular weight excluding hydrogens is 276 g/mol. The normalized spacial score (nSPS) is 26.1. The molecule has 0 radical (unpaired) electrons. The molecule has 0 heterocycles. The van der Waals surface area contributed by atoms with Crippen LogP contribution in [0.25, 0.3) is 0 Å². The molecule has 4 nitrogen and oxygen atoms in total. The zero-order valence-corrected chi connectivity index (χ0v) is 13.2. The largest absolute Gasteiger partial charge is 0.455 e. The number of carbonyl (C=O) groups is 2. The zero-order valence-electron chi connectivity index (χ0n) is 12.3. The van der Waals surface area contributed by atoms with Gasteiger partial charge in [0, 0.05) is 24.9 Å². The van der Waals surface area contributed by atoms with Gasteiger partial charge in [0.2, 0.25) is 0 Å². The molecule has 0 N–H and O–H groups in total. The van der Waals surface area contributed by atoms with Gasteiger partial charge in [0.1, 0.15) is 11.4 Å².